The van der Waals surface area contributed by atoms with E-state index in [1.54, 1.807) is 12.1 Å². The summed E-state index contributed by atoms with van der Waals surface area (Å²) in [5, 5.41) is 9.37. The van der Waals surface area contributed by atoms with Gasteiger partial charge in [-0.1, -0.05) is 12.1 Å². The van der Waals surface area contributed by atoms with Crippen LogP contribution in [0.4, 0.5) is 5.69 Å². The smallest absolute Gasteiger partial charge is 0.287 e. The van der Waals surface area contributed by atoms with Gasteiger partial charge in [-0.2, -0.15) is 0 Å². The maximum atomic E-state index is 11.8. The van der Waals surface area contributed by atoms with E-state index in [0.29, 0.717) is 18.8 Å². The van der Waals surface area contributed by atoms with E-state index in [2.05, 4.69) is 64.0 Å². The Morgan fingerprint density at radius 3 is 2.64 bits per heavy atom. The maximum Gasteiger partial charge on any atom is 0.287 e. The molecule has 152 valence electrons. The molecular weight excluding hydrogens is 354 g/mol. The minimum absolute atomic E-state index is 0.227. The number of furan rings is 1. The third kappa shape index (κ3) is 6.98. The largest absolute Gasteiger partial charge is 0.459 e. The van der Waals surface area contributed by atoms with Crippen LogP contribution in [0, 0.1) is 6.92 Å². The fourth-order valence-electron chi connectivity index (χ4n) is 2.78. The monoisotopic (exact) mass is 385 g/mol. The van der Waals surface area contributed by atoms with Gasteiger partial charge < -0.3 is 25.3 Å². The molecular formula is C21H31N5O2. The first-order chi connectivity index (χ1) is 13.6. The molecule has 0 radical (unpaired) electrons. The van der Waals surface area contributed by atoms with Crippen molar-refractivity contribution in [3.8, 4) is 0 Å². The highest BCUT2D eigenvalue weighted by atomic mass is 16.3. The second-order valence-electron chi connectivity index (χ2n) is 6.34. The number of carbonyl (C=O) groups excluding carboxylic acids is 1. The summed E-state index contributed by atoms with van der Waals surface area (Å²) in [4.78, 5) is 18.7. The summed E-state index contributed by atoms with van der Waals surface area (Å²) < 4.78 is 5.06. The van der Waals surface area contributed by atoms with Gasteiger partial charge >= 0.3 is 0 Å². The number of benzene rings is 1. The van der Waals surface area contributed by atoms with Crippen LogP contribution in [-0.4, -0.2) is 51.1 Å². The summed E-state index contributed by atoms with van der Waals surface area (Å²) in [6.07, 6.45) is 1.48. The molecule has 0 unspecified atom stereocenters. The topological polar surface area (TPSA) is 81.9 Å². The van der Waals surface area contributed by atoms with E-state index in [9.17, 15) is 4.79 Å². The van der Waals surface area contributed by atoms with Crippen molar-refractivity contribution in [1.82, 2.24) is 16.0 Å². The standard InChI is InChI=1S/C21H31N5O2/c1-4-22-21(24-12-11-23-20(27)19-10-7-15-28-19)25-13-14-26(5-2)18-9-6-8-17(3)16-18/h6-10,15-16H,4-5,11-14H2,1-3H3,(H,23,27)(H2,22,24,25). The van der Waals surface area contributed by atoms with Gasteiger partial charge in [-0.25, -0.2) is 0 Å². The quantitative estimate of drug-likeness (QED) is 0.332. The molecule has 0 saturated heterocycles. The molecule has 28 heavy (non-hydrogen) atoms. The molecule has 0 spiro atoms. The number of amides is 1. The molecule has 0 bridgehead atoms. The number of guanidine groups is 1. The van der Waals surface area contributed by atoms with E-state index in [1.807, 2.05) is 6.92 Å². The fourth-order valence-corrected chi connectivity index (χ4v) is 2.78. The Kier molecular flexibility index (Phi) is 8.91. The Hall–Kier alpha value is -2.96. The first-order valence-corrected chi connectivity index (χ1v) is 9.79. The van der Waals surface area contributed by atoms with Crippen molar-refractivity contribution in [2.24, 2.45) is 4.99 Å². The highest BCUT2D eigenvalue weighted by Gasteiger charge is 2.07. The summed E-state index contributed by atoms with van der Waals surface area (Å²) in [7, 11) is 0. The second-order valence-corrected chi connectivity index (χ2v) is 6.34. The van der Waals surface area contributed by atoms with Crippen LogP contribution in [0.1, 0.15) is 30.0 Å². The molecule has 0 aliphatic rings. The maximum absolute atomic E-state index is 11.8. The number of carbonyl (C=O) groups is 1. The molecule has 0 fully saturated rings. The number of anilines is 1. The van der Waals surface area contributed by atoms with E-state index in [4.69, 9.17) is 4.42 Å². The highest BCUT2D eigenvalue weighted by Crippen LogP contribution is 2.14. The number of hydrogen-bond donors (Lipinski definition) is 3. The lowest BCUT2D eigenvalue weighted by molar-refractivity contribution is 0.0927. The molecule has 0 atom stereocenters. The van der Waals surface area contributed by atoms with Crippen LogP contribution in [0.15, 0.2) is 52.1 Å². The van der Waals surface area contributed by atoms with Crippen molar-refractivity contribution in [3.63, 3.8) is 0 Å². The summed E-state index contributed by atoms with van der Waals surface area (Å²) in [6.45, 7) is 10.6. The van der Waals surface area contributed by atoms with Crippen LogP contribution >= 0.6 is 0 Å². The normalized spacial score (nSPS) is 11.2. The molecule has 2 rings (SSSR count). The Morgan fingerprint density at radius 2 is 1.96 bits per heavy atom. The lowest BCUT2D eigenvalue weighted by atomic mass is 10.2. The number of likely N-dealkylation sites (N-methyl/N-ethyl adjacent to an activating group) is 1. The SMILES string of the molecule is CCNC(=NCCNC(=O)c1ccco1)NCCN(CC)c1cccc(C)c1. The number of rotatable bonds is 10. The summed E-state index contributed by atoms with van der Waals surface area (Å²) in [5.74, 6) is 0.828. The number of hydrogen-bond acceptors (Lipinski definition) is 4. The molecule has 1 aromatic heterocycles. The minimum atomic E-state index is -0.227. The van der Waals surface area contributed by atoms with Gasteiger partial charge in [-0.15, -0.1) is 0 Å². The number of aliphatic imine (C=N–C) groups is 1. The van der Waals surface area contributed by atoms with Crippen LogP contribution in [-0.2, 0) is 0 Å². The summed E-state index contributed by atoms with van der Waals surface area (Å²) in [6, 6.07) is 11.9. The molecule has 2 aromatic rings. The Labute approximate surface area is 167 Å². The van der Waals surface area contributed by atoms with E-state index >= 15 is 0 Å². The summed E-state index contributed by atoms with van der Waals surface area (Å²) >= 11 is 0. The lowest BCUT2D eigenvalue weighted by Gasteiger charge is -2.24. The van der Waals surface area contributed by atoms with Crippen molar-refractivity contribution >= 4 is 17.6 Å². The van der Waals surface area contributed by atoms with Crippen LogP contribution in [0.3, 0.4) is 0 Å². The van der Waals surface area contributed by atoms with Crippen LogP contribution in [0.5, 0.6) is 0 Å². The Balaban J connectivity index is 1.77. The third-order valence-electron chi connectivity index (χ3n) is 4.18. The van der Waals surface area contributed by atoms with Crippen molar-refractivity contribution < 1.29 is 9.21 Å². The predicted octanol–water partition coefficient (Wildman–Crippen LogP) is 2.40. The first-order valence-electron chi connectivity index (χ1n) is 9.79. The molecule has 7 heteroatoms. The van der Waals surface area contributed by atoms with Gasteiger partial charge in [-0.3, -0.25) is 9.79 Å². The summed E-state index contributed by atoms with van der Waals surface area (Å²) in [5.41, 5.74) is 2.49. The molecule has 3 N–H and O–H groups in total. The van der Waals surface area contributed by atoms with Gasteiger partial charge in [-0.05, 0) is 50.6 Å². The van der Waals surface area contributed by atoms with Gasteiger partial charge in [0.2, 0.25) is 0 Å². The van der Waals surface area contributed by atoms with Gasteiger partial charge in [0.1, 0.15) is 0 Å². The van der Waals surface area contributed by atoms with Gasteiger partial charge in [0.25, 0.3) is 5.91 Å². The average molecular weight is 386 g/mol. The molecule has 7 nitrogen and oxygen atoms in total. The molecule has 0 saturated carbocycles. The molecule has 1 heterocycles. The van der Waals surface area contributed by atoms with Crippen molar-refractivity contribution in [3.05, 3.63) is 54.0 Å². The number of nitrogens with one attached hydrogen (secondary N) is 3. The molecule has 0 aliphatic carbocycles. The van der Waals surface area contributed by atoms with Crippen molar-refractivity contribution in [2.75, 3.05) is 44.2 Å². The highest BCUT2D eigenvalue weighted by molar-refractivity contribution is 5.91. The zero-order valence-corrected chi connectivity index (χ0v) is 17.0. The number of aryl methyl sites for hydroxylation is 1. The zero-order chi connectivity index (χ0) is 20.2. The predicted molar refractivity (Wildman–Crippen MR) is 114 cm³/mol. The Bertz CT molecular complexity index is 743. The van der Waals surface area contributed by atoms with Crippen LogP contribution in [0.2, 0.25) is 0 Å². The average Bonchev–Trinajstić information content (AvgIpc) is 3.23. The van der Waals surface area contributed by atoms with Gasteiger partial charge in [0, 0.05) is 38.4 Å². The van der Waals surface area contributed by atoms with Gasteiger partial charge in [0.15, 0.2) is 11.7 Å². The Morgan fingerprint density at radius 1 is 1.11 bits per heavy atom. The minimum Gasteiger partial charge on any atom is -0.459 e. The second kappa shape index (κ2) is 11.7. The third-order valence-corrected chi connectivity index (χ3v) is 4.18. The number of nitrogens with zero attached hydrogens (tertiary/aromatic N) is 2. The first kappa shape index (κ1) is 21.3. The van der Waals surface area contributed by atoms with Gasteiger partial charge in [0.05, 0.1) is 12.8 Å². The van der Waals surface area contributed by atoms with E-state index in [0.717, 1.165) is 32.1 Å². The van der Waals surface area contributed by atoms with E-state index in [1.165, 1.54) is 17.5 Å². The van der Waals surface area contributed by atoms with Crippen LogP contribution < -0.4 is 20.9 Å². The lowest BCUT2D eigenvalue weighted by Crippen LogP contribution is -2.42. The fraction of sp³-hybridized carbons (Fsp3) is 0.429. The van der Waals surface area contributed by atoms with Crippen molar-refractivity contribution in [2.45, 2.75) is 20.8 Å². The zero-order valence-electron chi connectivity index (χ0n) is 17.0. The molecule has 1 amide bonds. The van der Waals surface area contributed by atoms with Crippen LogP contribution in [0.25, 0.3) is 0 Å². The molecule has 0 aliphatic heterocycles. The van der Waals surface area contributed by atoms with E-state index in [-0.39, 0.29) is 5.91 Å². The van der Waals surface area contributed by atoms with E-state index < -0.39 is 0 Å². The van der Waals surface area contributed by atoms with Crippen molar-refractivity contribution in [1.29, 1.82) is 0 Å². The molecule has 1 aromatic carbocycles.